The molecule has 0 radical (unpaired) electrons. The van der Waals surface area contributed by atoms with E-state index in [2.05, 4.69) is 21.2 Å². The normalized spacial score (nSPS) is 12.6. The fourth-order valence-corrected chi connectivity index (χ4v) is 2.07. The minimum absolute atomic E-state index is 0.0133. The monoisotopic (exact) mass is 297 g/mol. The van der Waals surface area contributed by atoms with Gasteiger partial charge in [-0.25, -0.2) is 4.39 Å². The van der Waals surface area contributed by atoms with Crippen LogP contribution in [-0.4, -0.2) is 7.05 Å². The fraction of sp³-hybridized carbons (Fsp3) is 0.231. The van der Waals surface area contributed by atoms with Crippen molar-refractivity contribution in [3.8, 4) is 0 Å². The van der Waals surface area contributed by atoms with Crippen LogP contribution in [0.4, 0.5) is 4.39 Å². The van der Waals surface area contributed by atoms with Crippen molar-refractivity contribution in [2.75, 3.05) is 7.05 Å². The number of likely N-dealkylation sites (N-methyl/N-ethyl adjacent to an activating group) is 1. The number of hydrogen-bond donors (Lipinski definition) is 1. The summed E-state index contributed by atoms with van der Waals surface area (Å²) in [4.78, 5) is 0. The van der Waals surface area contributed by atoms with Crippen LogP contribution in [0.2, 0.25) is 0 Å². The van der Waals surface area contributed by atoms with Crippen LogP contribution in [0.3, 0.4) is 0 Å². The Morgan fingerprint density at radius 2 is 2.24 bits per heavy atom. The van der Waals surface area contributed by atoms with Crippen LogP contribution in [0, 0.1) is 5.82 Å². The van der Waals surface area contributed by atoms with Gasteiger partial charge >= 0.3 is 0 Å². The van der Waals surface area contributed by atoms with E-state index in [4.69, 9.17) is 4.42 Å². The van der Waals surface area contributed by atoms with Gasteiger partial charge in [-0.2, -0.15) is 0 Å². The molecule has 4 heteroatoms. The number of nitrogens with one attached hydrogen (secondary N) is 1. The Balaban J connectivity index is 2.19. The number of benzene rings is 1. The second kappa shape index (κ2) is 5.47. The first kappa shape index (κ1) is 12.3. The molecular weight excluding hydrogens is 285 g/mol. The van der Waals surface area contributed by atoms with Crippen LogP contribution in [0.25, 0.3) is 0 Å². The van der Waals surface area contributed by atoms with Gasteiger partial charge in [-0.15, -0.1) is 0 Å². The van der Waals surface area contributed by atoms with Crippen molar-refractivity contribution in [1.82, 2.24) is 5.32 Å². The molecule has 1 atom stereocenters. The van der Waals surface area contributed by atoms with Gasteiger partial charge in [0.25, 0.3) is 0 Å². The van der Waals surface area contributed by atoms with Crippen LogP contribution in [-0.2, 0) is 6.42 Å². The van der Waals surface area contributed by atoms with E-state index < -0.39 is 0 Å². The van der Waals surface area contributed by atoms with Gasteiger partial charge in [0.1, 0.15) is 11.6 Å². The largest absolute Gasteiger partial charge is 0.468 e. The van der Waals surface area contributed by atoms with Crippen LogP contribution >= 0.6 is 15.9 Å². The summed E-state index contributed by atoms with van der Waals surface area (Å²) in [5.41, 5.74) is 0.670. The summed E-state index contributed by atoms with van der Waals surface area (Å²) in [6.07, 6.45) is 2.18. The van der Waals surface area contributed by atoms with Gasteiger partial charge in [0, 0.05) is 4.47 Å². The highest BCUT2D eigenvalue weighted by Gasteiger charge is 2.15. The smallest absolute Gasteiger partial charge is 0.127 e. The molecule has 0 saturated heterocycles. The van der Waals surface area contributed by atoms with Gasteiger partial charge in [0.15, 0.2) is 0 Å². The lowest BCUT2D eigenvalue weighted by molar-refractivity contribution is 0.425. The maximum atomic E-state index is 13.7. The van der Waals surface area contributed by atoms with Crippen LogP contribution < -0.4 is 5.32 Å². The first-order valence-electron chi connectivity index (χ1n) is 5.35. The van der Waals surface area contributed by atoms with E-state index in [9.17, 15) is 4.39 Å². The van der Waals surface area contributed by atoms with Crippen molar-refractivity contribution in [2.45, 2.75) is 12.5 Å². The maximum absolute atomic E-state index is 13.7. The molecule has 0 aliphatic heterocycles. The van der Waals surface area contributed by atoms with E-state index in [-0.39, 0.29) is 11.9 Å². The van der Waals surface area contributed by atoms with Crippen molar-refractivity contribution in [3.63, 3.8) is 0 Å². The number of rotatable bonds is 4. The molecule has 0 amide bonds. The molecule has 90 valence electrons. The molecule has 0 spiro atoms. The van der Waals surface area contributed by atoms with Gasteiger partial charge < -0.3 is 9.73 Å². The van der Waals surface area contributed by atoms with E-state index in [1.54, 1.807) is 12.3 Å². The standard InChI is InChI=1S/C13H13BrFNO/c1-16-12(13-3-2-6-17-13)7-9-4-5-10(14)8-11(9)15/h2-6,8,12,16H,7H2,1H3. The molecule has 0 fully saturated rings. The Labute approximate surface area is 108 Å². The van der Waals surface area contributed by atoms with Gasteiger partial charge in [-0.1, -0.05) is 22.0 Å². The van der Waals surface area contributed by atoms with Gasteiger partial charge in [-0.3, -0.25) is 0 Å². The summed E-state index contributed by atoms with van der Waals surface area (Å²) < 4.78 is 19.8. The lowest BCUT2D eigenvalue weighted by Gasteiger charge is -2.14. The summed E-state index contributed by atoms with van der Waals surface area (Å²) in [6, 6.07) is 8.81. The Bertz CT molecular complexity index is 484. The summed E-state index contributed by atoms with van der Waals surface area (Å²) in [5.74, 6) is 0.612. The summed E-state index contributed by atoms with van der Waals surface area (Å²) >= 11 is 3.24. The molecule has 1 N–H and O–H groups in total. The highest BCUT2D eigenvalue weighted by molar-refractivity contribution is 9.10. The molecule has 1 aromatic carbocycles. The van der Waals surface area contributed by atoms with Crippen molar-refractivity contribution in [1.29, 1.82) is 0 Å². The first-order chi connectivity index (χ1) is 8.20. The third-order valence-corrected chi connectivity index (χ3v) is 3.17. The summed E-state index contributed by atoms with van der Waals surface area (Å²) in [6.45, 7) is 0. The fourth-order valence-electron chi connectivity index (χ4n) is 1.74. The predicted octanol–water partition coefficient (Wildman–Crippen LogP) is 3.68. The molecule has 2 nitrogen and oxygen atoms in total. The molecule has 1 unspecified atom stereocenters. The van der Waals surface area contributed by atoms with E-state index in [1.807, 2.05) is 25.2 Å². The quantitative estimate of drug-likeness (QED) is 0.931. The van der Waals surface area contributed by atoms with Crippen molar-refractivity contribution >= 4 is 15.9 Å². The number of furan rings is 1. The van der Waals surface area contributed by atoms with Crippen LogP contribution in [0.1, 0.15) is 17.4 Å². The zero-order valence-electron chi connectivity index (χ0n) is 9.41. The topological polar surface area (TPSA) is 25.2 Å². The summed E-state index contributed by atoms with van der Waals surface area (Å²) in [7, 11) is 1.84. The van der Waals surface area contributed by atoms with E-state index >= 15 is 0 Å². The van der Waals surface area contributed by atoms with E-state index in [1.165, 1.54) is 6.07 Å². The summed E-state index contributed by atoms with van der Waals surface area (Å²) in [5, 5.41) is 3.12. The molecule has 0 bridgehead atoms. The van der Waals surface area contributed by atoms with Gasteiger partial charge in [0.2, 0.25) is 0 Å². The van der Waals surface area contributed by atoms with Crippen molar-refractivity contribution < 1.29 is 8.81 Å². The molecule has 2 aromatic rings. The second-order valence-electron chi connectivity index (χ2n) is 3.80. The Kier molecular flexibility index (Phi) is 3.97. The van der Waals surface area contributed by atoms with Gasteiger partial charge in [0.05, 0.1) is 12.3 Å². The molecule has 17 heavy (non-hydrogen) atoms. The molecule has 1 aromatic heterocycles. The van der Waals surface area contributed by atoms with Crippen molar-refractivity contribution in [3.05, 3.63) is 58.2 Å². The van der Waals surface area contributed by atoms with Crippen LogP contribution in [0.15, 0.2) is 45.5 Å². The Hall–Kier alpha value is -1.13. The third kappa shape index (κ3) is 2.96. The maximum Gasteiger partial charge on any atom is 0.127 e. The molecule has 0 aliphatic carbocycles. The Morgan fingerprint density at radius 1 is 1.41 bits per heavy atom. The lowest BCUT2D eigenvalue weighted by atomic mass is 10.0. The molecule has 0 saturated carbocycles. The molecule has 1 heterocycles. The minimum atomic E-state index is -0.203. The highest BCUT2D eigenvalue weighted by Crippen LogP contribution is 2.22. The molecule has 2 rings (SSSR count). The van der Waals surface area contributed by atoms with E-state index in [0.717, 1.165) is 10.2 Å². The zero-order chi connectivity index (χ0) is 12.3. The first-order valence-corrected chi connectivity index (χ1v) is 6.14. The minimum Gasteiger partial charge on any atom is -0.468 e. The van der Waals surface area contributed by atoms with Crippen LogP contribution in [0.5, 0.6) is 0 Å². The zero-order valence-corrected chi connectivity index (χ0v) is 11.0. The predicted molar refractivity (Wildman–Crippen MR) is 68.3 cm³/mol. The number of hydrogen-bond acceptors (Lipinski definition) is 2. The van der Waals surface area contributed by atoms with E-state index in [0.29, 0.717) is 12.0 Å². The number of halogens is 2. The third-order valence-electron chi connectivity index (χ3n) is 2.67. The molecular formula is C13H13BrFNO. The van der Waals surface area contributed by atoms with Gasteiger partial charge in [-0.05, 0) is 43.3 Å². The molecule has 0 aliphatic rings. The highest BCUT2D eigenvalue weighted by atomic mass is 79.9. The average Bonchev–Trinajstić information content (AvgIpc) is 2.81. The van der Waals surface area contributed by atoms with Crippen molar-refractivity contribution in [2.24, 2.45) is 0 Å². The lowest BCUT2D eigenvalue weighted by Crippen LogP contribution is -2.18. The Morgan fingerprint density at radius 3 is 2.82 bits per heavy atom. The SMILES string of the molecule is CNC(Cc1ccc(Br)cc1F)c1ccco1. The second-order valence-corrected chi connectivity index (χ2v) is 4.71. The average molecular weight is 298 g/mol.